The van der Waals surface area contributed by atoms with Crippen LogP contribution in [0.2, 0.25) is 0 Å². The molecule has 162 valence electrons. The van der Waals surface area contributed by atoms with E-state index in [9.17, 15) is 0 Å². The topological polar surface area (TPSA) is 75.3 Å². The second kappa shape index (κ2) is 11.5. The zero-order valence-electron chi connectivity index (χ0n) is 17.9. The Kier molecular flexibility index (Phi) is 9.29. The molecule has 0 amide bonds. The molecule has 0 spiro atoms. The van der Waals surface area contributed by atoms with Crippen LogP contribution in [0.4, 0.5) is 0 Å². The Hall–Kier alpha value is -1.94. The van der Waals surface area contributed by atoms with Crippen molar-refractivity contribution in [2.24, 2.45) is 4.99 Å². The van der Waals surface area contributed by atoms with E-state index in [1.165, 1.54) is 0 Å². The van der Waals surface area contributed by atoms with E-state index in [1.54, 1.807) is 17.6 Å². The molecule has 3 aromatic rings. The molecule has 0 unspecified atom stereocenters. The van der Waals surface area contributed by atoms with Crippen molar-refractivity contribution in [2.75, 3.05) is 13.1 Å². The van der Waals surface area contributed by atoms with Crippen LogP contribution in [0, 0.1) is 0 Å². The van der Waals surface area contributed by atoms with Gasteiger partial charge in [0.05, 0.1) is 17.2 Å². The molecule has 0 fully saturated rings. The molecule has 0 radical (unpaired) electrons. The molecule has 1 aromatic carbocycles. The Labute approximate surface area is 199 Å². The molecule has 0 bridgehead atoms. The number of aromatic nitrogens is 2. The van der Waals surface area contributed by atoms with Crippen LogP contribution >= 0.6 is 35.3 Å². The van der Waals surface area contributed by atoms with Gasteiger partial charge in [-0.25, -0.2) is 15.0 Å². The van der Waals surface area contributed by atoms with E-state index in [1.807, 2.05) is 30.3 Å². The number of oxazole rings is 1. The third-order valence-electron chi connectivity index (χ3n) is 4.27. The van der Waals surface area contributed by atoms with Crippen LogP contribution in [0.3, 0.4) is 0 Å². The van der Waals surface area contributed by atoms with Crippen molar-refractivity contribution in [3.63, 3.8) is 0 Å². The fraction of sp³-hybridized carbons (Fsp3) is 0.409. The first-order chi connectivity index (χ1) is 14.0. The van der Waals surface area contributed by atoms with E-state index in [0.717, 1.165) is 47.4 Å². The van der Waals surface area contributed by atoms with Crippen LogP contribution in [0.15, 0.2) is 51.4 Å². The highest BCUT2D eigenvalue weighted by Gasteiger charge is 2.17. The Morgan fingerprint density at radius 3 is 2.57 bits per heavy atom. The summed E-state index contributed by atoms with van der Waals surface area (Å²) in [5.41, 5.74) is 3.01. The van der Waals surface area contributed by atoms with E-state index in [4.69, 9.17) is 9.40 Å². The highest BCUT2D eigenvalue weighted by atomic mass is 127. The number of thiazole rings is 1. The Balaban J connectivity index is 0.00000320. The van der Waals surface area contributed by atoms with Crippen LogP contribution in [-0.4, -0.2) is 29.0 Å². The third kappa shape index (κ3) is 7.09. The van der Waals surface area contributed by atoms with Crippen molar-refractivity contribution in [1.29, 1.82) is 0 Å². The third-order valence-corrected chi connectivity index (χ3v) is 5.18. The summed E-state index contributed by atoms with van der Waals surface area (Å²) < 4.78 is 5.58. The van der Waals surface area contributed by atoms with Gasteiger partial charge in [-0.1, -0.05) is 39.0 Å². The minimum absolute atomic E-state index is 0. The Morgan fingerprint density at radius 2 is 1.90 bits per heavy atom. The van der Waals surface area contributed by atoms with Gasteiger partial charge in [0, 0.05) is 35.9 Å². The lowest BCUT2D eigenvalue weighted by Crippen LogP contribution is -2.38. The molecule has 0 saturated carbocycles. The predicted molar refractivity (Wildman–Crippen MR) is 135 cm³/mol. The maximum absolute atomic E-state index is 5.58. The molecule has 0 saturated heterocycles. The summed E-state index contributed by atoms with van der Waals surface area (Å²) in [7, 11) is 0. The number of rotatable bonds is 7. The van der Waals surface area contributed by atoms with Crippen LogP contribution in [0.1, 0.15) is 44.1 Å². The van der Waals surface area contributed by atoms with Crippen molar-refractivity contribution < 1.29 is 4.42 Å². The quantitative estimate of drug-likeness (QED) is 0.251. The number of aliphatic imine (C=N–C) groups is 1. The number of benzene rings is 1. The van der Waals surface area contributed by atoms with Gasteiger partial charge in [-0.3, -0.25) is 0 Å². The first-order valence-electron chi connectivity index (χ1n) is 9.92. The first kappa shape index (κ1) is 24.3. The molecule has 2 aromatic heterocycles. The lowest BCUT2D eigenvalue weighted by atomic mass is 9.93. The minimum atomic E-state index is 0. The molecule has 6 nitrogen and oxygen atoms in total. The highest BCUT2D eigenvalue weighted by molar-refractivity contribution is 14.0. The summed E-state index contributed by atoms with van der Waals surface area (Å²) in [6.07, 6.45) is 2.53. The number of nitrogens with zero attached hydrogens (tertiary/aromatic N) is 3. The van der Waals surface area contributed by atoms with E-state index < -0.39 is 0 Å². The highest BCUT2D eigenvalue weighted by Crippen LogP contribution is 2.24. The first-order valence-corrected chi connectivity index (χ1v) is 10.8. The largest absolute Gasteiger partial charge is 0.444 e. The summed E-state index contributed by atoms with van der Waals surface area (Å²) in [5.74, 6) is 1.39. The molecule has 0 aliphatic rings. The minimum Gasteiger partial charge on any atom is -0.444 e. The molecular formula is C22H30IN5OS. The van der Waals surface area contributed by atoms with Gasteiger partial charge in [0.2, 0.25) is 5.89 Å². The number of nitrogens with one attached hydrogen (secondary N) is 2. The summed E-state index contributed by atoms with van der Waals surface area (Å²) in [6.45, 7) is 10.6. The maximum Gasteiger partial charge on any atom is 0.226 e. The number of hydrogen-bond donors (Lipinski definition) is 2. The van der Waals surface area contributed by atoms with Gasteiger partial charge in [0.1, 0.15) is 12.0 Å². The summed E-state index contributed by atoms with van der Waals surface area (Å²) >= 11 is 1.72. The second-order valence-corrected chi connectivity index (χ2v) is 8.70. The van der Waals surface area contributed by atoms with Crippen molar-refractivity contribution >= 4 is 41.3 Å². The maximum atomic E-state index is 5.58. The standard InChI is InChI=1S/C22H29N5OS.HI/c1-5-23-21(24-12-11-19-27-18(15-29-19)22(2,3)4)25-13-17-14-28-20(26-17)16-9-7-6-8-10-16;/h6-10,14-15H,5,11-13H2,1-4H3,(H2,23,24,25);1H. The summed E-state index contributed by atoms with van der Waals surface area (Å²) in [4.78, 5) is 13.9. The van der Waals surface area contributed by atoms with E-state index >= 15 is 0 Å². The average Bonchev–Trinajstić information content (AvgIpc) is 3.36. The average molecular weight is 539 g/mol. The molecule has 0 aliphatic heterocycles. The second-order valence-electron chi connectivity index (χ2n) is 7.76. The molecule has 2 N–H and O–H groups in total. The van der Waals surface area contributed by atoms with Crippen LogP contribution in [-0.2, 0) is 18.4 Å². The fourth-order valence-corrected chi connectivity index (χ4v) is 3.68. The van der Waals surface area contributed by atoms with E-state index in [-0.39, 0.29) is 29.4 Å². The fourth-order valence-electron chi connectivity index (χ4n) is 2.65. The molecule has 30 heavy (non-hydrogen) atoms. The van der Waals surface area contributed by atoms with Gasteiger partial charge in [-0.2, -0.15) is 0 Å². The zero-order valence-corrected chi connectivity index (χ0v) is 21.1. The monoisotopic (exact) mass is 539 g/mol. The van der Waals surface area contributed by atoms with Crippen molar-refractivity contribution in [3.8, 4) is 11.5 Å². The summed E-state index contributed by atoms with van der Waals surface area (Å²) in [6, 6.07) is 9.87. The summed E-state index contributed by atoms with van der Waals surface area (Å²) in [5, 5.41) is 9.94. The van der Waals surface area contributed by atoms with Gasteiger partial charge in [-0.15, -0.1) is 35.3 Å². The molecule has 0 atom stereocenters. The van der Waals surface area contributed by atoms with Gasteiger partial charge in [0.15, 0.2) is 5.96 Å². The van der Waals surface area contributed by atoms with E-state index in [2.05, 4.69) is 53.7 Å². The molecular weight excluding hydrogens is 509 g/mol. The smallest absolute Gasteiger partial charge is 0.226 e. The lowest BCUT2D eigenvalue weighted by molar-refractivity contribution is 0.570. The van der Waals surface area contributed by atoms with Crippen molar-refractivity contribution in [2.45, 2.75) is 46.1 Å². The predicted octanol–water partition coefficient (Wildman–Crippen LogP) is 5.01. The molecule has 0 aliphatic carbocycles. The Bertz CT molecular complexity index is 930. The molecule has 2 heterocycles. The van der Waals surface area contributed by atoms with Gasteiger partial charge >= 0.3 is 0 Å². The molecule has 3 rings (SSSR count). The zero-order chi connectivity index (χ0) is 20.7. The van der Waals surface area contributed by atoms with Crippen molar-refractivity contribution in [3.05, 3.63) is 58.4 Å². The van der Waals surface area contributed by atoms with Gasteiger partial charge in [0.25, 0.3) is 0 Å². The van der Waals surface area contributed by atoms with Gasteiger partial charge in [-0.05, 0) is 19.1 Å². The SMILES string of the molecule is CCNC(=NCc1coc(-c2ccccc2)n1)NCCc1nc(C(C)(C)C)cs1.I. The van der Waals surface area contributed by atoms with E-state index in [0.29, 0.717) is 12.4 Å². The van der Waals surface area contributed by atoms with Gasteiger partial charge < -0.3 is 15.1 Å². The lowest BCUT2D eigenvalue weighted by Gasteiger charge is -2.14. The van der Waals surface area contributed by atoms with Crippen LogP contribution in [0.5, 0.6) is 0 Å². The molecule has 8 heteroatoms. The number of guanidine groups is 1. The number of hydrogen-bond acceptors (Lipinski definition) is 5. The van der Waals surface area contributed by atoms with Crippen LogP contribution < -0.4 is 10.6 Å². The van der Waals surface area contributed by atoms with Crippen LogP contribution in [0.25, 0.3) is 11.5 Å². The number of halogens is 1. The Morgan fingerprint density at radius 1 is 1.13 bits per heavy atom. The van der Waals surface area contributed by atoms with Crippen molar-refractivity contribution in [1.82, 2.24) is 20.6 Å². The normalized spacial score (nSPS) is 11.8.